The van der Waals surface area contributed by atoms with E-state index in [2.05, 4.69) is 15.8 Å². The molecule has 0 aliphatic rings. The van der Waals surface area contributed by atoms with Gasteiger partial charge in [-0.3, -0.25) is 9.59 Å². The zero-order valence-electron chi connectivity index (χ0n) is 19.9. The molecule has 0 spiro atoms. The number of aryl methyl sites for hydroxylation is 1. The molecule has 0 fully saturated rings. The zero-order chi connectivity index (χ0) is 26.4. The number of hydrazone groups is 1. The summed E-state index contributed by atoms with van der Waals surface area (Å²) in [6.45, 7) is 1.65. The van der Waals surface area contributed by atoms with Crippen LogP contribution < -0.4 is 20.2 Å². The standard InChI is InChI=1S/C27H22ClN3O5S/c1-16-7-10-18(11-8-16)27(34)36-20-12-9-17(13-21(20)35-2)14-30-31-23(32)15-29-26(33)25-24(28)19-5-3-4-6-22(19)37-25/h3-14H,15H2,1-2H3,(H,29,33)(H,31,32)/b30-14-. The second-order valence-electron chi connectivity index (χ2n) is 7.88. The largest absolute Gasteiger partial charge is 0.493 e. The van der Waals surface area contributed by atoms with Crippen LogP contribution in [0.25, 0.3) is 10.1 Å². The second kappa shape index (κ2) is 11.7. The summed E-state index contributed by atoms with van der Waals surface area (Å²) in [5, 5.41) is 7.60. The van der Waals surface area contributed by atoms with E-state index in [0.717, 1.165) is 15.6 Å². The highest BCUT2D eigenvalue weighted by Gasteiger charge is 2.17. The van der Waals surface area contributed by atoms with Crippen molar-refractivity contribution in [1.29, 1.82) is 0 Å². The lowest BCUT2D eigenvalue weighted by Gasteiger charge is -2.10. The number of methoxy groups -OCH3 is 1. The number of fused-ring (bicyclic) bond motifs is 1. The average Bonchev–Trinajstić information content (AvgIpc) is 3.25. The van der Waals surface area contributed by atoms with Crippen LogP contribution in [-0.2, 0) is 4.79 Å². The average molecular weight is 536 g/mol. The zero-order valence-corrected chi connectivity index (χ0v) is 21.5. The summed E-state index contributed by atoms with van der Waals surface area (Å²) in [6.07, 6.45) is 1.40. The van der Waals surface area contributed by atoms with Gasteiger partial charge >= 0.3 is 5.97 Å². The molecule has 0 aliphatic carbocycles. The Morgan fingerprint density at radius 2 is 1.78 bits per heavy atom. The first kappa shape index (κ1) is 25.9. The molecular weight excluding hydrogens is 514 g/mol. The van der Waals surface area contributed by atoms with E-state index in [9.17, 15) is 14.4 Å². The van der Waals surface area contributed by atoms with Crippen LogP contribution >= 0.6 is 22.9 Å². The summed E-state index contributed by atoms with van der Waals surface area (Å²) in [7, 11) is 1.45. The van der Waals surface area contributed by atoms with Crippen molar-refractivity contribution in [3.8, 4) is 11.5 Å². The van der Waals surface area contributed by atoms with Crippen LogP contribution in [0.1, 0.15) is 31.2 Å². The molecule has 3 aromatic carbocycles. The van der Waals surface area contributed by atoms with Gasteiger partial charge in [0.15, 0.2) is 11.5 Å². The number of nitrogens with zero attached hydrogens (tertiary/aromatic N) is 1. The number of ether oxygens (including phenoxy) is 2. The minimum atomic E-state index is -0.516. The summed E-state index contributed by atoms with van der Waals surface area (Å²) >= 11 is 7.56. The molecule has 188 valence electrons. The number of amides is 2. The number of benzene rings is 3. The van der Waals surface area contributed by atoms with Gasteiger partial charge in [-0.2, -0.15) is 5.10 Å². The Balaban J connectivity index is 1.31. The Bertz CT molecular complexity index is 1500. The summed E-state index contributed by atoms with van der Waals surface area (Å²) in [4.78, 5) is 37.3. The number of esters is 1. The summed E-state index contributed by atoms with van der Waals surface area (Å²) in [6, 6.07) is 19.3. The quantitative estimate of drug-likeness (QED) is 0.143. The normalized spacial score (nSPS) is 10.9. The van der Waals surface area contributed by atoms with Crippen LogP contribution in [0.5, 0.6) is 11.5 Å². The van der Waals surface area contributed by atoms with Crippen molar-refractivity contribution in [3.63, 3.8) is 0 Å². The first-order valence-electron chi connectivity index (χ1n) is 11.1. The maximum atomic E-state index is 12.5. The SMILES string of the molecule is COc1cc(/C=N\NC(=O)CNC(=O)c2sc3ccccc3c2Cl)ccc1OC(=O)c1ccc(C)cc1. The number of carbonyl (C=O) groups is 3. The maximum Gasteiger partial charge on any atom is 0.343 e. The third-order valence-corrected chi connectivity index (χ3v) is 6.91. The first-order chi connectivity index (χ1) is 17.9. The van der Waals surface area contributed by atoms with E-state index < -0.39 is 17.8 Å². The van der Waals surface area contributed by atoms with Gasteiger partial charge in [0.2, 0.25) is 0 Å². The molecule has 0 bridgehead atoms. The molecule has 0 atom stereocenters. The van der Waals surface area contributed by atoms with Gasteiger partial charge in [-0.05, 0) is 48.9 Å². The fraction of sp³-hybridized carbons (Fsp3) is 0.111. The van der Waals surface area contributed by atoms with E-state index in [1.165, 1.54) is 24.7 Å². The van der Waals surface area contributed by atoms with E-state index in [0.29, 0.717) is 26.8 Å². The van der Waals surface area contributed by atoms with Gasteiger partial charge in [-0.25, -0.2) is 10.2 Å². The highest BCUT2D eigenvalue weighted by atomic mass is 35.5. The molecule has 1 aromatic heterocycles. The van der Waals surface area contributed by atoms with E-state index in [1.54, 1.807) is 30.3 Å². The predicted octanol–water partition coefficient (Wildman–Crippen LogP) is 4.97. The molecule has 0 aliphatic heterocycles. The van der Waals surface area contributed by atoms with Gasteiger partial charge in [-0.1, -0.05) is 47.5 Å². The molecule has 10 heteroatoms. The summed E-state index contributed by atoms with van der Waals surface area (Å²) in [5.74, 6) is -0.894. The number of rotatable bonds is 8. The third-order valence-electron chi connectivity index (χ3n) is 5.23. The van der Waals surface area contributed by atoms with E-state index in [4.69, 9.17) is 21.1 Å². The van der Waals surface area contributed by atoms with Crippen LogP contribution in [0.2, 0.25) is 5.02 Å². The van der Waals surface area contributed by atoms with Crippen molar-refractivity contribution in [2.24, 2.45) is 5.10 Å². The third kappa shape index (κ3) is 6.32. The van der Waals surface area contributed by atoms with E-state index >= 15 is 0 Å². The number of carbonyl (C=O) groups excluding carboxylic acids is 3. The molecule has 0 saturated carbocycles. The van der Waals surface area contributed by atoms with E-state index in [-0.39, 0.29) is 12.3 Å². The molecule has 2 N–H and O–H groups in total. The van der Waals surface area contributed by atoms with Crippen LogP contribution in [0.15, 0.2) is 71.8 Å². The van der Waals surface area contributed by atoms with Gasteiger partial charge in [0.25, 0.3) is 11.8 Å². The van der Waals surface area contributed by atoms with Crippen LogP contribution in [0.4, 0.5) is 0 Å². The van der Waals surface area contributed by atoms with Crippen molar-refractivity contribution < 1.29 is 23.9 Å². The Labute approximate surface area is 221 Å². The first-order valence-corrected chi connectivity index (χ1v) is 12.3. The van der Waals surface area contributed by atoms with Crippen molar-refractivity contribution in [2.75, 3.05) is 13.7 Å². The number of thiophene rings is 1. The fourth-order valence-electron chi connectivity index (χ4n) is 3.32. The number of hydrogen-bond donors (Lipinski definition) is 2. The van der Waals surface area contributed by atoms with Crippen molar-refractivity contribution in [2.45, 2.75) is 6.92 Å². The minimum absolute atomic E-state index is 0.247. The second-order valence-corrected chi connectivity index (χ2v) is 9.31. The molecule has 0 saturated heterocycles. The van der Waals surface area contributed by atoms with E-state index in [1.807, 2.05) is 43.3 Å². The highest BCUT2D eigenvalue weighted by molar-refractivity contribution is 7.21. The van der Waals surface area contributed by atoms with Crippen molar-refractivity contribution >= 4 is 57.0 Å². The smallest absolute Gasteiger partial charge is 0.343 e. The number of nitrogens with one attached hydrogen (secondary N) is 2. The number of hydrogen-bond acceptors (Lipinski definition) is 7. The predicted molar refractivity (Wildman–Crippen MR) is 144 cm³/mol. The maximum absolute atomic E-state index is 12.5. The van der Waals surface area contributed by atoms with Crippen LogP contribution in [-0.4, -0.2) is 37.7 Å². The van der Waals surface area contributed by atoms with Crippen molar-refractivity contribution in [3.05, 3.63) is 93.3 Å². The van der Waals surface area contributed by atoms with Crippen LogP contribution in [0, 0.1) is 6.92 Å². The van der Waals surface area contributed by atoms with Gasteiger partial charge in [-0.15, -0.1) is 11.3 Å². The molecule has 4 aromatic rings. The van der Waals surface area contributed by atoms with Gasteiger partial charge in [0, 0.05) is 10.1 Å². The Morgan fingerprint density at radius 3 is 2.51 bits per heavy atom. The Kier molecular flexibility index (Phi) is 8.17. The monoisotopic (exact) mass is 535 g/mol. The highest BCUT2D eigenvalue weighted by Crippen LogP contribution is 2.35. The number of halogens is 1. The molecule has 2 amide bonds. The molecule has 8 nitrogen and oxygen atoms in total. The molecular formula is C27H22ClN3O5S. The van der Waals surface area contributed by atoms with Gasteiger partial charge < -0.3 is 14.8 Å². The molecule has 4 rings (SSSR count). The van der Waals surface area contributed by atoms with Gasteiger partial charge in [0.05, 0.1) is 30.5 Å². The molecule has 37 heavy (non-hydrogen) atoms. The lowest BCUT2D eigenvalue weighted by Crippen LogP contribution is -2.34. The Hall–Kier alpha value is -4.21. The fourth-order valence-corrected chi connectivity index (χ4v) is 4.75. The minimum Gasteiger partial charge on any atom is -0.493 e. The van der Waals surface area contributed by atoms with Gasteiger partial charge in [0.1, 0.15) is 4.88 Å². The summed E-state index contributed by atoms with van der Waals surface area (Å²) < 4.78 is 11.7. The molecule has 0 radical (unpaired) electrons. The lowest BCUT2D eigenvalue weighted by molar-refractivity contribution is -0.120. The lowest BCUT2D eigenvalue weighted by atomic mass is 10.1. The Morgan fingerprint density at radius 1 is 1.03 bits per heavy atom. The topological polar surface area (TPSA) is 106 Å². The van der Waals surface area contributed by atoms with Crippen molar-refractivity contribution in [1.82, 2.24) is 10.7 Å². The van der Waals surface area contributed by atoms with Crippen LogP contribution in [0.3, 0.4) is 0 Å². The summed E-state index contributed by atoms with van der Waals surface area (Å²) in [5.41, 5.74) is 4.39. The molecule has 0 unspecified atom stereocenters. The molecule has 1 heterocycles.